The topological polar surface area (TPSA) is 80.3 Å². The van der Waals surface area contributed by atoms with E-state index in [9.17, 15) is 18.4 Å². The number of nitrogens with one attached hydrogen (secondary N) is 2. The van der Waals surface area contributed by atoms with Crippen LogP contribution in [0, 0.1) is 11.6 Å². The molecule has 0 saturated heterocycles. The Morgan fingerprint density at radius 1 is 0.974 bits per heavy atom. The Labute approximate surface area is 218 Å². The van der Waals surface area contributed by atoms with Gasteiger partial charge in [0.2, 0.25) is 0 Å². The first kappa shape index (κ1) is 25.1. The number of rotatable bonds is 6. The van der Waals surface area contributed by atoms with E-state index in [4.69, 9.17) is 4.98 Å². The van der Waals surface area contributed by atoms with Crippen LogP contribution in [0.1, 0.15) is 38.3 Å². The van der Waals surface area contributed by atoms with Gasteiger partial charge in [0.05, 0.1) is 12.8 Å². The first-order chi connectivity index (χ1) is 18.4. The van der Waals surface area contributed by atoms with Crippen LogP contribution < -0.4 is 10.6 Å². The molecule has 8 heteroatoms. The van der Waals surface area contributed by atoms with Crippen LogP contribution in [-0.4, -0.2) is 30.5 Å². The highest BCUT2D eigenvalue weighted by Crippen LogP contribution is 2.29. The van der Waals surface area contributed by atoms with Gasteiger partial charge in [0.25, 0.3) is 5.91 Å². The normalized spacial score (nSPS) is 12.3. The number of aromatic nitrogens is 1. The zero-order valence-corrected chi connectivity index (χ0v) is 20.7. The number of halogens is 2. The largest absolute Gasteiger partial charge is 0.465 e. The Balaban J connectivity index is 1.31. The predicted octanol–water partition coefficient (Wildman–Crippen LogP) is 5.77. The van der Waals surface area contributed by atoms with Crippen LogP contribution in [-0.2, 0) is 17.7 Å². The van der Waals surface area contributed by atoms with Crippen LogP contribution >= 0.6 is 0 Å². The van der Waals surface area contributed by atoms with Crippen LogP contribution in [0.5, 0.6) is 0 Å². The Morgan fingerprint density at radius 3 is 2.63 bits per heavy atom. The fraction of sp³-hybridized carbons (Fsp3) is 0.167. The molecule has 4 aromatic rings. The standard InChI is InChI=1S/C30H25F2N3O3/c1-38-30(37)27-23(8-3-9-24(27)31)19-10-11-22(25(32)16-19)17-34-29(36)21-6-2-5-20(15-21)26-13-12-18-7-4-14-33-28(18)35-26/h2-3,5-6,8-13,15-16H,4,7,14,17H2,1H3,(H,33,35)(H,34,36). The molecular formula is C30H25F2N3O3. The second kappa shape index (κ2) is 10.8. The molecule has 0 saturated carbocycles. The Morgan fingerprint density at radius 2 is 1.82 bits per heavy atom. The second-order valence-electron chi connectivity index (χ2n) is 8.96. The molecule has 0 radical (unpaired) electrons. The molecule has 0 spiro atoms. The lowest BCUT2D eigenvalue weighted by Crippen LogP contribution is -2.23. The summed E-state index contributed by atoms with van der Waals surface area (Å²) >= 11 is 0. The highest BCUT2D eigenvalue weighted by molar-refractivity contribution is 5.97. The third-order valence-corrected chi connectivity index (χ3v) is 6.52. The van der Waals surface area contributed by atoms with E-state index in [1.165, 1.54) is 29.8 Å². The summed E-state index contributed by atoms with van der Waals surface area (Å²) in [4.78, 5) is 29.6. The average Bonchev–Trinajstić information content (AvgIpc) is 2.95. The first-order valence-electron chi connectivity index (χ1n) is 12.2. The molecule has 38 heavy (non-hydrogen) atoms. The van der Waals surface area contributed by atoms with Gasteiger partial charge in [-0.05, 0) is 59.9 Å². The second-order valence-corrected chi connectivity index (χ2v) is 8.96. The smallest absolute Gasteiger partial charge is 0.341 e. The maximum atomic E-state index is 15.0. The van der Waals surface area contributed by atoms with Crippen molar-refractivity contribution >= 4 is 17.7 Å². The minimum atomic E-state index is -0.848. The quantitative estimate of drug-likeness (QED) is 0.320. The Hall–Kier alpha value is -4.59. The number of benzene rings is 3. The number of hydrogen-bond donors (Lipinski definition) is 2. The number of amides is 1. The minimum Gasteiger partial charge on any atom is -0.465 e. The number of ether oxygens (including phenoxy) is 1. The molecule has 2 heterocycles. The number of carbonyl (C=O) groups excluding carboxylic acids is 2. The van der Waals surface area contributed by atoms with E-state index in [0.717, 1.165) is 49.6 Å². The van der Waals surface area contributed by atoms with E-state index >= 15 is 0 Å². The van der Waals surface area contributed by atoms with Crippen LogP contribution in [0.4, 0.5) is 14.6 Å². The number of nitrogens with zero attached hydrogens (tertiary/aromatic N) is 1. The van der Waals surface area contributed by atoms with E-state index in [1.807, 2.05) is 12.1 Å². The van der Waals surface area contributed by atoms with Gasteiger partial charge in [0.1, 0.15) is 23.0 Å². The Bertz CT molecular complexity index is 1540. The highest BCUT2D eigenvalue weighted by Gasteiger charge is 2.19. The van der Waals surface area contributed by atoms with Gasteiger partial charge in [0.15, 0.2) is 0 Å². The number of pyridine rings is 1. The van der Waals surface area contributed by atoms with Gasteiger partial charge in [0, 0.05) is 29.8 Å². The Kier molecular flexibility index (Phi) is 7.13. The van der Waals surface area contributed by atoms with Crippen molar-refractivity contribution < 1.29 is 23.1 Å². The molecular weight excluding hydrogens is 488 g/mol. The summed E-state index contributed by atoms with van der Waals surface area (Å²) in [6, 6.07) is 19.5. The molecule has 2 N–H and O–H groups in total. The van der Waals surface area contributed by atoms with Gasteiger partial charge < -0.3 is 15.4 Å². The van der Waals surface area contributed by atoms with Crippen molar-refractivity contribution in [3.8, 4) is 22.4 Å². The molecule has 1 amide bonds. The third kappa shape index (κ3) is 5.11. The molecule has 0 fully saturated rings. The van der Waals surface area contributed by atoms with Crippen molar-refractivity contribution in [3.63, 3.8) is 0 Å². The van der Waals surface area contributed by atoms with Gasteiger partial charge in [-0.25, -0.2) is 18.6 Å². The number of aryl methyl sites for hydroxylation is 1. The number of methoxy groups -OCH3 is 1. The number of esters is 1. The van der Waals surface area contributed by atoms with E-state index in [-0.39, 0.29) is 29.1 Å². The average molecular weight is 514 g/mol. The van der Waals surface area contributed by atoms with Crippen molar-refractivity contribution in [1.29, 1.82) is 0 Å². The van der Waals surface area contributed by atoms with E-state index < -0.39 is 17.6 Å². The summed E-state index contributed by atoms with van der Waals surface area (Å²) in [6.45, 7) is 0.835. The van der Waals surface area contributed by atoms with Crippen molar-refractivity contribution in [3.05, 3.63) is 107 Å². The molecule has 0 bridgehead atoms. The van der Waals surface area contributed by atoms with Gasteiger partial charge in [-0.15, -0.1) is 0 Å². The van der Waals surface area contributed by atoms with Crippen LogP contribution in [0.3, 0.4) is 0 Å². The van der Waals surface area contributed by atoms with E-state index in [0.29, 0.717) is 11.1 Å². The lowest BCUT2D eigenvalue weighted by atomic mass is 9.98. The summed E-state index contributed by atoms with van der Waals surface area (Å²) in [7, 11) is 1.15. The van der Waals surface area contributed by atoms with Crippen molar-refractivity contribution in [2.45, 2.75) is 19.4 Å². The lowest BCUT2D eigenvalue weighted by molar-refractivity contribution is 0.0596. The predicted molar refractivity (Wildman–Crippen MR) is 141 cm³/mol. The number of anilines is 1. The zero-order chi connectivity index (χ0) is 26.6. The van der Waals surface area contributed by atoms with E-state index in [2.05, 4.69) is 21.4 Å². The minimum absolute atomic E-state index is 0.0524. The molecule has 0 aliphatic carbocycles. The number of fused-ring (bicyclic) bond motifs is 1. The molecule has 5 rings (SSSR count). The van der Waals surface area contributed by atoms with Crippen molar-refractivity contribution in [2.75, 3.05) is 19.0 Å². The monoisotopic (exact) mass is 513 g/mol. The van der Waals surface area contributed by atoms with Crippen molar-refractivity contribution in [1.82, 2.24) is 10.3 Å². The van der Waals surface area contributed by atoms with Gasteiger partial charge in [-0.3, -0.25) is 4.79 Å². The maximum absolute atomic E-state index is 15.0. The molecule has 192 valence electrons. The summed E-state index contributed by atoms with van der Waals surface area (Å²) in [6.07, 6.45) is 2.07. The van der Waals surface area contributed by atoms with Gasteiger partial charge in [-0.2, -0.15) is 0 Å². The first-order valence-corrected chi connectivity index (χ1v) is 12.2. The SMILES string of the molecule is COC(=O)c1c(F)cccc1-c1ccc(CNC(=O)c2cccc(-c3ccc4c(n3)NCCC4)c2)c(F)c1. The van der Waals surface area contributed by atoms with Crippen molar-refractivity contribution in [2.24, 2.45) is 0 Å². The van der Waals surface area contributed by atoms with Crippen LogP contribution in [0.25, 0.3) is 22.4 Å². The summed E-state index contributed by atoms with van der Waals surface area (Å²) < 4.78 is 33.9. The summed E-state index contributed by atoms with van der Waals surface area (Å²) in [5.74, 6) is -1.68. The highest BCUT2D eigenvalue weighted by atomic mass is 19.1. The maximum Gasteiger partial charge on any atom is 0.341 e. The summed E-state index contributed by atoms with van der Waals surface area (Å²) in [5.41, 5.74) is 3.69. The van der Waals surface area contributed by atoms with Gasteiger partial charge >= 0.3 is 5.97 Å². The molecule has 1 aliphatic heterocycles. The van der Waals surface area contributed by atoms with Gasteiger partial charge in [-0.1, -0.05) is 42.5 Å². The van der Waals surface area contributed by atoms with E-state index in [1.54, 1.807) is 24.3 Å². The number of carbonyl (C=O) groups is 2. The van der Waals surface area contributed by atoms with Crippen LogP contribution in [0.2, 0.25) is 0 Å². The molecule has 1 aliphatic rings. The fourth-order valence-electron chi connectivity index (χ4n) is 4.52. The third-order valence-electron chi connectivity index (χ3n) is 6.52. The molecule has 0 atom stereocenters. The lowest BCUT2D eigenvalue weighted by Gasteiger charge is -2.17. The zero-order valence-electron chi connectivity index (χ0n) is 20.7. The summed E-state index contributed by atoms with van der Waals surface area (Å²) in [5, 5.41) is 6.06. The molecule has 3 aromatic carbocycles. The molecule has 0 unspecified atom stereocenters. The number of hydrogen-bond acceptors (Lipinski definition) is 5. The molecule has 6 nitrogen and oxygen atoms in total. The van der Waals surface area contributed by atoms with Crippen LogP contribution in [0.15, 0.2) is 72.8 Å². The molecule has 1 aromatic heterocycles. The fourth-order valence-corrected chi connectivity index (χ4v) is 4.52.